The van der Waals surface area contributed by atoms with Gasteiger partial charge in [0.25, 0.3) is 6.01 Å². The summed E-state index contributed by atoms with van der Waals surface area (Å²) in [6.45, 7) is 7.84. The van der Waals surface area contributed by atoms with Crippen LogP contribution in [0.1, 0.15) is 31.2 Å². The van der Waals surface area contributed by atoms with E-state index in [1.54, 1.807) is 0 Å². The minimum atomic E-state index is 0.804. The first-order valence-electron chi connectivity index (χ1n) is 9.46. The number of rotatable bonds is 4. The Morgan fingerprint density at radius 1 is 1.00 bits per heavy atom. The van der Waals surface area contributed by atoms with Crippen LogP contribution in [0.15, 0.2) is 22.6 Å². The van der Waals surface area contributed by atoms with Crippen LogP contribution in [0.3, 0.4) is 0 Å². The molecule has 2 aliphatic heterocycles. The molecule has 1 aromatic carbocycles. The molecule has 3 heterocycles. The summed E-state index contributed by atoms with van der Waals surface area (Å²) in [6.07, 6.45) is 5.45. The number of benzene rings is 1. The molecule has 0 amide bonds. The molecule has 3 aliphatic rings. The number of hydrogen-bond donors (Lipinski definition) is 0. The number of anilines is 1. The van der Waals surface area contributed by atoms with Crippen molar-refractivity contribution in [1.82, 2.24) is 14.8 Å². The lowest BCUT2D eigenvalue weighted by molar-refractivity contribution is 0.244. The van der Waals surface area contributed by atoms with Gasteiger partial charge in [-0.25, -0.2) is 0 Å². The number of piperazine rings is 1. The SMILES string of the molecule is c1cc2nc(N3CCN(C4CC4)CC3)oc2cc1CN1CCCC1. The van der Waals surface area contributed by atoms with Crippen molar-refractivity contribution >= 4 is 17.1 Å². The average molecular weight is 326 g/mol. The maximum Gasteiger partial charge on any atom is 0.298 e. The lowest BCUT2D eigenvalue weighted by Crippen LogP contribution is -2.47. The predicted octanol–water partition coefficient (Wildman–Crippen LogP) is 2.71. The summed E-state index contributed by atoms with van der Waals surface area (Å²) in [7, 11) is 0. The monoisotopic (exact) mass is 326 g/mol. The van der Waals surface area contributed by atoms with Crippen LogP contribution in [0.25, 0.3) is 11.1 Å². The van der Waals surface area contributed by atoms with E-state index in [0.29, 0.717) is 0 Å². The zero-order valence-corrected chi connectivity index (χ0v) is 14.3. The van der Waals surface area contributed by atoms with E-state index < -0.39 is 0 Å². The summed E-state index contributed by atoms with van der Waals surface area (Å²) >= 11 is 0. The molecule has 1 saturated carbocycles. The Bertz CT molecular complexity index is 709. The molecule has 128 valence electrons. The Labute approximate surface area is 143 Å². The maximum absolute atomic E-state index is 6.10. The van der Waals surface area contributed by atoms with Crippen LogP contribution in [0, 0.1) is 0 Å². The van der Waals surface area contributed by atoms with Crippen molar-refractivity contribution in [1.29, 1.82) is 0 Å². The van der Waals surface area contributed by atoms with Crippen molar-refractivity contribution in [2.24, 2.45) is 0 Å². The molecule has 5 rings (SSSR count). The minimum absolute atomic E-state index is 0.804. The third-order valence-corrected chi connectivity index (χ3v) is 5.69. The zero-order chi connectivity index (χ0) is 15.9. The molecule has 5 heteroatoms. The van der Waals surface area contributed by atoms with Gasteiger partial charge in [-0.3, -0.25) is 9.80 Å². The minimum Gasteiger partial charge on any atom is -0.423 e. The third kappa shape index (κ3) is 2.91. The van der Waals surface area contributed by atoms with Crippen molar-refractivity contribution in [3.63, 3.8) is 0 Å². The van der Waals surface area contributed by atoms with E-state index in [1.807, 2.05) is 0 Å². The first-order chi connectivity index (χ1) is 11.8. The second-order valence-corrected chi connectivity index (χ2v) is 7.54. The lowest BCUT2D eigenvalue weighted by Gasteiger charge is -2.33. The first kappa shape index (κ1) is 14.7. The van der Waals surface area contributed by atoms with Crippen LogP contribution in [0.4, 0.5) is 6.01 Å². The van der Waals surface area contributed by atoms with Crippen LogP contribution < -0.4 is 4.90 Å². The van der Waals surface area contributed by atoms with Crippen molar-refractivity contribution in [2.75, 3.05) is 44.2 Å². The number of likely N-dealkylation sites (tertiary alicyclic amines) is 1. The van der Waals surface area contributed by atoms with Gasteiger partial charge < -0.3 is 9.32 Å². The lowest BCUT2D eigenvalue weighted by atomic mass is 10.2. The fourth-order valence-electron chi connectivity index (χ4n) is 4.11. The molecular weight excluding hydrogens is 300 g/mol. The first-order valence-corrected chi connectivity index (χ1v) is 9.46. The molecule has 0 atom stereocenters. The molecule has 1 aliphatic carbocycles. The number of aromatic nitrogens is 1. The molecule has 1 aromatic heterocycles. The molecule has 0 radical (unpaired) electrons. The third-order valence-electron chi connectivity index (χ3n) is 5.69. The summed E-state index contributed by atoms with van der Waals surface area (Å²) in [5, 5.41) is 0. The Morgan fingerprint density at radius 3 is 2.54 bits per heavy atom. The Kier molecular flexibility index (Phi) is 3.71. The summed E-state index contributed by atoms with van der Waals surface area (Å²) in [5.41, 5.74) is 3.26. The quantitative estimate of drug-likeness (QED) is 0.863. The predicted molar refractivity (Wildman–Crippen MR) is 95.3 cm³/mol. The molecular formula is C19H26N4O. The van der Waals surface area contributed by atoms with Crippen LogP contribution >= 0.6 is 0 Å². The van der Waals surface area contributed by atoms with E-state index in [-0.39, 0.29) is 0 Å². The van der Waals surface area contributed by atoms with Gasteiger partial charge in [-0.1, -0.05) is 6.07 Å². The number of nitrogens with zero attached hydrogens (tertiary/aromatic N) is 4. The van der Waals surface area contributed by atoms with Gasteiger partial charge in [0.15, 0.2) is 5.58 Å². The molecule has 0 spiro atoms. The van der Waals surface area contributed by atoms with E-state index in [0.717, 1.165) is 55.9 Å². The maximum atomic E-state index is 6.10. The number of oxazole rings is 1. The fraction of sp³-hybridized carbons (Fsp3) is 0.632. The van der Waals surface area contributed by atoms with Crippen molar-refractivity contribution in [3.8, 4) is 0 Å². The van der Waals surface area contributed by atoms with Crippen LogP contribution in [-0.2, 0) is 6.54 Å². The fourth-order valence-corrected chi connectivity index (χ4v) is 4.11. The highest BCUT2D eigenvalue weighted by Crippen LogP contribution is 2.29. The second-order valence-electron chi connectivity index (χ2n) is 7.54. The molecule has 3 fully saturated rings. The van der Waals surface area contributed by atoms with Gasteiger partial charge in [-0.15, -0.1) is 0 Å². The van der Waals surface area contributed by atoms with Gasteiger partial charge in [-0.2, -0.15) is 4.98 Å². The molecule has 2 saturated heterocycles. The van der Waals surface area contributed by atoms with Gasteiger partial charge in [0.05, 0.1) is 0 Å². The normalized spacial score (nSPS) is 23.4. The summed E-state index contributed by atoms with van der Waals surface area (Å²) < 4.78 is 6.10. The van der Waals surface area contributed by atoms with E-state index in [2.05, 4.69) is 32.9 Å². The van der Waals surface area contributed by atoms with Crippen LogP contribution in [-0.4, -0.2) is 60.1 Å². The van der Waals surface area contributed by atoms with Gasteiger partial charge in [0, 0.05) is 38.8 Å². The molecule has 0 N–H and O–H groups in total. The summed E-state index contributed by atoms with van der Waals surface area (Å²) in [6, 6.07) is 8.18. The van der Waals surface area contributed by atoms with Crippen molar-refractivity contribution < 1.29 is 4.42 Å². The second kappa shape index (κ2) is 6.05. The Hall–Kier alpha value is -1.59. The smallest absolute Gasteiger partial charge is 0.298 e. The van der Waals surface area contributed by atoms with E-state index >= 15 is 0 Å². The van der Waals surface area contributed by atoms with Crippen LogP contribution in [0.2, 0.25) is 0 Å². The van der Waals surface area contributed by atoms with Crippen molar-refractivity contribution in [3.05, 3.63) is 23.8 Å². The molecule has 24 heavy (non-hydrogen) atoms. The Balaban J connectivity index is 1.30. The molecule has 2 aromatic rings. The van der Waals surface area contributed by atoms with E-state index in [1.165, 1.54) is 44.3 Å². The topological polar surface area (TPSA) is 35.8 Å². The standard InChI is InChI=1S/C19H26N4O/c1-2-8-21(7-1)14-15-3-6-17-18(13-15)24-19(20-17)23-11-9-22(10-12-23)16-4-5-16/h3,6,13,16H,1-2,4-5,7-12,14H2. The Morgan fingerprint density at radius 2 is 1.79 bits per heavy atom. The highest BCUT2D eigenvalue weighted by molar-refractivity contribution is 5.75. The largest absolute Gasteiger partial charge is 0.423 e. The summed E-state index contributed by atoms with van der Waals surface area (Å²) in [5.74, 6) is 0. The zero-order valence-electron chi connectivity index (χ0n) is 14.3. The summed E-state index contributed by atoms with van der Waals surface area (Å²) in [4.78, 5) is 12.2. The van der Waals surface area contributed by atoms with Crippen molar-refractivity contribution in [2.45, 2.75) is 38.3 Å². The highest BCUT2D eigenvalue weighted by atomic mass is 16.4. The number of fused-ring (bicyclic) bond motifs is 1. The van der Waals surface area contributed by atoms with Gasteiger partial charge >= 0.3 is 0 Å². The van der Waals surface area contributed by atoms with Gasteiger partial charge in [-0.05, 0) is 56.5 Å². The number of hydrogen-bond acceptors (Lipinski definition) is 5. The van der Waals surface area contributed by atoms with E-state index in [9.17, 15) is 0 Å². The highest BCUT2D eigenvalue weighted by Gasteiger charge is 2.32. The molecule has 0 bridgehead atoms. The van der Waals surface area contributed by atoms with E-state index in [4.69, 9.17) is 9.40 Å². The van der Waals surface area contributed by atoms with Crippen LogP contribution in [0.5, 0.6) is 0 Å². The molecule has 0 unspecified atom stereocenters. The van der Waals surface area contributed by atoms with Gasteiger partial charge in [0.2, 0.25) is 0 Å². The average Bonchev–Trinajstić information content (AvgIpc) is 3.17. The molecule has 5 nitrogen and oxygen atoms in total. The van der Waals surface area contributed by atoms with Gasteiger partial charge in [0.1, 0.15) is 5.52 Å².